The van der Waals surface area contributed by atoms with Gasteiger partial charge in [0, 0.05) is 13.0 Å². The van der Waals surface area contributed by atoms with Crippen molar-refractivity contribution in [1.29, 1.82) is 0 Å². The number of halogens is 1. The molecule has 1 aromatic rings. The van der Waals surface area contributed by atoms with E-state index in [2.05, 4.69) is 10.1 Å². The third-order valence-corrected chi connectivity index (χ3v) is 4.70. The summed E-state index contributed by atoms with van der Waals surface area (Å²) in [5.74, 6) is 1.36. The van der Waals surface area contributed by atoms with Crippen LogP contribution in [-0.4, -0.2) is 27.5 Å². The second-order valence-electron chi connectivity index (χ2n) is 6.31. The Balaban J connectivity index is 0.00000176. The van der Waals surface area contributed by atoms with Gasteiger partial charge in [-0.15, -0.1) is 12.4 Å². The number of nitrogens with zero attached hydrogens (tertiary/aromatic N) is 3. The molecular formula is C15H25ClN4O2. The Bertz CT molecular complexity index is 513. The summed E-state index contributed by atoms with van der Waals surface area (Å²) in [6, 6.07) is -0.0599. The molecule has 2 aliphatic rings. The molecule has 0 bridgehead atoms. The summed E-state index contributed by atoms with van der Waals surface area (Å²) in [5, 5.41) is 4.11. The highest BCUT2D eigenvalue weighted by Gasteiger charge is 2.39. The molecule has 124 valence electrons. The van der Waals surface area contributed by atoms with E-state index in [0.717, 1.165) is 51.5 Å². The van der Waals surface area contributed by atoms with Crippen LogP contribution in [0.1, 0.15) is 76.0 Å². The average Bonchev–Trinajstić information content (AvgIpc) is 3.18. The first-order valence-corrected chi connectivity index (χ1v) is 8.06. The molecule has 6 nitrogen and oxygen atoms in total. The van der Waals surface area contributed by atoms with E-state index in [9.17, 15) is 4.79 Å². The van der Waals surface area contributed by atoms with E-state index in [1.807, 2.05) is 11.8 Å². The number of likely N-dealkylation sites (tertiary alicyclic amines) is 1. The minimum atomic E-state index is -0.432. The normalized spacial score (nSPS) is 23.5. The Labute approximate surface area is 137 Å². The average molecular weight is 329 g/mol. The van der Waals surface area contributed by atoms with E-state index in [1.54, 1.807) is 0 Å². The van der Waals surface area contributed by atoms with Crippen LogP contribution in [0.3, 0.4) is 0 Å². The van der Waals surface area contributed by atoms with Crippen LogP contribution >= 0.6 is 12.4 Å². The number of hydrogen-bond donors (Lipinski definition) is 1. The Kier molecular flexibility index (Phi) is 5.45. The maximum absolute atomic E-state index is 12.2. The summed E-state index contributed by atoms with van der Waals surface area (Å²) >= 11 is 0. The highest BCUT2D eigenvalue weighted by Crippen LogP contribution is 2.37. The van der Waals surface area contributed by atoms with Gasteiger partial charge in [0.25, 0.3) is 0 Å². The summed E-state index contributed by atoms with van der Waals surface area (Å²) in [4.78, 5) is 18.6. The molecule has 0 aromatic carbocycles. The molecule has 1 amide bonds. The number of hydrogen-bond acceptors (Lipinski definition) is 5. The molecule has 2 fully saturated rings. The van der Waals surface area contributed by atoms with Gasteiger partial charge in [0.1, 0.15) is 6.04 Å². The van der Waals surface area contributed by atoms with E-state index >= 15 is 0 Å². The molecule has 1 saturated carbocycles. The number of carbonyl (C=O) groups excluding carboxylic acids is 1. The second kappa shape index (κ2) is 6.96. The lowest BCUT2D eigenvalue weighted by molar-refractivity contribution is -0.132. The van der Waals surface area contributed by atoms with Crippen molar-refractivity contribution in [3.8, 4) is 0 Å². The van der Waals surface area contributed by atoms with Crippen molar-refractivity contribution >= 4 is 18.3 Å². The lowest BCUT2D eigenvalue weighted by Gasteiger charge is -2.22. The highest BCUT2D eigenvalue weighted by molar-refractivity contribution is 5.85. The zero-order chi connectivity index (χ0) is 14.9. The molecule has 0 radical (unpaired) electrons. The summed E-state index contributed by atoms with van der Waals surface area (Å²) in [6.07, 6.45) is 7.39. The molecule has 1 aliphatic carbocycles. The van der Waals surface area contributed by atoms with E-state index in [4.69, 9.17) is 10.3 Å². The number of carbonyl (C=O) groups is 1. The number of rotatable bonds is 4. The van der Waals surface area contributed by atoms with Crippen LogP contribution in [0.2, 0.25) is 0 Å². The Morgan fingerprint density at radius 3 is 2.82 bits per heavy atom. The van der Waals surface area contributed by atoms with Crippen molar-refractivity contribution in [2.45, 2.75) is 69.9 Å². The summed E-state index contributed by atoms with van der Waals surface area (Å²) in [6.45, 7) is 2.81. The maximum atomic E-state index is 12.2. The smallest absolute Gasteiger partial charge is 0.249 e. The van der Waals surface area contributed by atoms with E-state index in [1.165, 1.54) is 0 Å². The fourth-order valence-corrected chi connectivity index (χ4v) is 3.48. The molecule has 1 saturated heterocycles. The van der Waals surface area contributed by atoms with E-state index in [0.29, 0.717) is 18.1 Å². The summed E-state index contributed by atoms with van der Waals surface area (Å²) < 4.78 is 5.45. The number of amides is 1. The Morgan fingerprint density at radius 2 is 2.14 bits per heavy atom. The minimum Gasteiger partial charge on any atom is -0.337 e. The standard InChI is InChI=1S/C15H24N4O2.ClH/c1-2-6-12(20)19-10-5-7-11(19)13-17-14(18-21-13)15(16)8-3-4-9-15;/h11H,2-10,16H2,1H3;1H. The summed E-state index contributed by atoms with van der Waals surface area (Å²) in [5.41, 5.74) is 5.94. The van der Waals surface area contributed by atoms with Crippen molar-refractivity contribution in [1.82, 2.24) is 15.0 Å². The van der Waals surface area contributed by atoms with Gasteiger partial charge in [-0.25, -0.2) is 0 Å². The Morgan fingerprint density at radius 1 is 1.41 bits per heavy atom. The molecule has 3 rings (SSSR count). The van der Waals surface area contributed by atoms with Crippen LogP contribution in [0.5, 0.6) is 0 Å². The van der Waals surface area contributed by atoms with Crippen LogP contribution < -0.4 is 5.73 Å². The van der Waals surface area contributed by atoms with Crippen LogP contribution in [0.25, 0.3) is 0 Å². The first-order valence-electron chi connectivity index (χ1n) is 8.06. The topological polar surface area (TPSA) is 85.2 Å². The predicted molar refractivity (Wildman–Crippen MR) is 84.5 cm³/mol. The lowest BCUT2D eigenvalue weighted by atomic mass is 9.98. The quantitative estimate of drug-likeness (QED) is 0.918. The second-order valence-corrected chi connectivity index (χ2v) is 6.31. The van der Waals surface area contributed by atoms with Gasteiger partial charge in [-0.3, -0.25) is 4.79 Å². The highest BCUT2D eigenvalue weighted by atomic mass is 35.5. The first kappa shape index (κ1) is 17.2. The summed E-state index contributed by atoms with van der Waals surface area (Å²) in [7, 11) is 0. The van der Waals surface area contributed by atoms with Crippen molar-refractivity contribution in [3.05, 3.63) is 11.7 Å². The molecule has 1 aliphatic heterocycles. The molecule has 1 atom stereocenters. The third-order valence-electron chi connectivity index (χ3n) is 4.70. The van der Waals surface area contributed by atoms with E-state index < -0.39 is 5.54 Å². The van der Waals surface area contributed by atoms with Crippen molar-refractivity contribution < 1.29 is 9.32 Å². The van der Waals surface area contributed by atoms with Gasteiger partial charge in [0.2, 0.25) is 11.8 Å². The SMILES string of the molecule is CCCC(=O)N1CCCC1c1nc(C2(N)CCCC2)no1.Cl. The molecular weight excluding hydrogens is 304 g/mol. The van der Waals surface area contributed by atoms with Gasteiger partial charge >= 0.3 is 0 Å². The van der Waals surface area contributed by atoms with Crippen molar-refractivity contribution in [2.24, 2.45) is 5.73 Å². The van der Waals surface area contributed by atoms with Crippen molar-refractivity contribution in [2.75, 3.05) is 6.54 Å². The van der Waals surface area contributed by atoms with Gasteiger partial charge < -0.3 is 15.2 Å². The van der Waals surface area contributed by atoms with E-state index in [-0.39, 0.29) is 24.4 Å². The zero-order valence-corrected chi connectivity index (χ0v) is 13.9. The van der Waals surface area contributed by atoms with Crippen LogP contribution in [0, 0.1) is 0 Å². The van der Waals surface area contributed by atoms with Crippen molar-refractivity contribution in [3.63, 3.8) is 0 Å². The molecule has 1 unspecified atom stereocenters. The predicted octanol–water partition coefficient (Wildman–Crippen LogP) is 2.68. The number of aromatic nitrogens is 2. The molecule has 2 N–H and O–H groups in total. The maximum Gasteiger partial charge on any atom is 0.249 e. The molecule has 7 heteroatoms. The largest absolute Gasteiger partial charge is 0.337 e. The van der Waals surface area contributed by atoms with Crippen LogP contribution in [-0.2, 0) is 10.3 Å². The molecule has 1 aromatic heterocycles. The minimum absolute atomic E-state index is 0. The van der Waals surface area contributed by atoms with Gasteiger partial charge in [-0.05, 0) is 32.1 Å². The lowest BCUT2D eigenvalue weighted by Crippen LogP contribution is -2.34. The zero-order valence-electron chi connectivity index (χ0n) is 13.1. The van der Waals surface area contributed by atoms with Gasteiger partial charge in [-0.2, -0.15) is 4.98 Å². The van der Waals surface area contributed by atoms with Crippen LogP contribution in [0.15, 0.2) is 4.52 Å². The molecule has 0 spiro atoms. The molecule has 22 heavy (non-hydrogen) atoms. The Hall–Kier alpha value is -1.14. The van der Waals surface area contributed by atoms with Gasteiger partial charge in [0.05, 0.1) is 5.54 Å². The fourth-order valence-electron chi connectivity index (χ4n) is 3.48. The first-order chi connectivity index (χ1) is 10.1. The van der Waals surface area contributed by atoms with Gasteiger partial charge in [-0.1, -0.05) is 24.9 Å². The third kappa shape index (κ3) is 3.13. The number of nitrogens with two attached hydrogens (primary N) is 1. The van der Waals surface area contributed by atoms with Crippen LogP contribution in [0.4, 0.5) is 0 Å². The van der Waals surface area contributed by atoms with Gasteiger partial charge in [0.15, 0.2) is 5.82 Å². The fraction of sp³-hybridized carbons (Fsp3) is 0.800. The molecule has 2 heterocycles. The monoisotopic (exact) mass is 328 g/mol.